The van der Waals surface area contributed by atoms with E-state index in [1.165, 1.54) is 0 Å². The molecular weight excluding hydrogens is 236 g/mol. The molecule has 0 spiro atoms. The van der Waals surface area contributed by atoms with Crippen LogP contribution in [-0.2, 0) is 0 Å². The van der Waals surface area contributed by atoms with Gasteiger partial charge >= 0.3 is 0 Å². The van der Waals surface area contributed by atoms with Crippen molar-refractivity contribution in [2.75, 3.05) is 5.73 Å². The highest BCUT2D eigenvalue weighted by Gasteiger charge is 2.09. The van der Waals surface area contributed by atoms with E-state index in [1.807, 2.05) is 24.3 Å². The Morgan fingerprint density at radius 3 is 2.76 bits per heavy atom. The number of nitrogens with zero attached hydrogens (tertiary/aromatic N) is 1. The molecule has 0 atom stereocenters. The van der Waals surface area contributed by atoms with Gasteiger partial charge in [0.1, 0.15) is 5.69 Å². The summed E-state index contributed by atoms with van der Waals surface area (Å²) in [5.41, 5.74) is 7.64. The molecule has 0 bridgehead atoms. The Kier molecular flexibility index (Phi) is 2.27. The zero-order chi connectivity index (χ0) is 11.8. The number of hydrogen-bond donors (Lipinski definition) is 1. The number of rotatable bonds is 1. The number of aromatic nitrogens is 1. The molecule has 0 radical (unpaired) electrons. The summed E-state index contributed by atoms with van der Waals surface area (Å²) in [5.74, 6) is 0.688. The van der Waals surface area contributed by atoms with Gasteiger partial charge in [-0.05, 0) is 24.3 Å². The van der Waals surface area contributed by atoms with E-state index >= 15 is 0 Å². The molecule has 2 heterocycles. The number of furan rings is 1. The molecule has 0 unspecified atom stereocenters. The number of para-hydroxylation sites is 1. The minimum atomic E-state index is 0.601. The number of halogens is 1. The number of pyridine rings is 1. The van der Waals surface area contributed by atoms with Crippen molar-refractivity contribution in [3.8, 4) is 11.5 Å². The lowest BCUT2D eigenvalue weighted by Crippen LogP contribution is -1.86. The van der Waals surface area contributed by atoms with Crippen molar-refractivity contribution in [2.45, 2.75) is 0 Å². The predicted octanol–water partition coefficient (Wildman–Crippen LogP) is 3.73. The van der Waals surface area contributed by atoms with Crippen LogP contribution in [0.5, 0.6) is 0 Å². The Balaban J connectivity index is 2.18. The molecule has 3 aromatic rings. The lowest BCUT2D eigenvalue weighted by atomic mass is 10.2. The molecule has 4 heteroatoms. The van der Waals surface area contributed by atoms with Crippen molar-refractivity contribution in [3.05, 3.63) is 47.6 Å². The molecule has 3 rings (SSSR count). The Hall–Kier alpha value is -2.00. The van der Waals surface area contributed by atoms with Gasteiger partial charge in [-0.25, -0.2) is 0 Å². The van der Waals surface area contributed by atoms with Crippen LogP contribution in [0, 0.1) is 0 Å². The summed E-state index contributed by atoms with van der Waals surface area (Å²) >= 11 is 6.05. The first kappa shape index (κ1) is 10.2. The van der Waals surface area contributed by atoms with Crippen LogP contribution in [0.1, 0.15) is 0 Å². The molecule has 0 fully saturated rings. The summed E-state index contributed by atoms with van der Waals surface area (Å²) in [5, 5.41) is 1.57. The van der Waals surface area contributed by atoms with Gasteiger partial charge < -0.3 is 10.2 Å². The van der Waals surface area contributed by atoms with Crippen LogP contribution in [0.15, 0.2) is 47.0 Å². The van der Waals surface area contributed by atoms with E-state index in [9.17, 15) is 0 Å². The fourth-order valence-corrected chi connectivity index (χ4v) is 1.93. The Bertz CT molecular complexity index is 673. The lowest BCUT2D eigenvalue weighted by molar-refractivity contribution is 0.629. The summed E-state index contributed by atoms with van der Waals surface area (Å²) in [6.45, 7) is 0. The van der Waals surface area contributed by atoms with Crippen LogP contribution in [0.3, 0.4) is 0 Å². The third kappa shape index (κ3) is 1.74. The quantitative estimate of drug-likeness (QED) is 0.710. The van der Waals surface area contributed by atoms with Crippen molar-refractivity contribution in [2.24, 2.45) is 0 Å². The standard InChI is InChI=1S/C13H9ClN2O/c14-10-3-1-2-8-6-12(17-13(8)10)11-5-4-9(15)7-16-11/h1-7H,15H2. The molecule has 17 heavy (non-hydrogen) atoms. The third-order valence-electron chi connectivity index (χ3n) is 2.53. The number of benzene rings is 1. The lowest BCUT2D eigenvalue weighted by Gasteiger charge is -1.95. The second-order valence-electron chi connectivity index (χ2n) is 3.75. The third-order valence-corrected chi connectivity index (χ3v) is 2.83. The number of fused-ring (bicyclic) bond motifs is 1. The topological polar surface area (TPSA) is 52.0 Å². The average Bonchev–Trinajstić information content (AvgIpc) is 2.75. The van der Waals surface area contributed by atoms with Gasteiger partial charge in [0.2, 0.25) is 0 Å². The summed E-state index contributed by atoms with van der Waals surface area (Å²) in [6.07, 6.45) is 1.60. The van der Waals surface area contributed by atoms with Gasteiger partial charge in [0.15, 0.2) is 11.3 Å². The fraction of sp³-hybridized carbons (Fsp3) is 0. The molecule has 0 saturated carbocycles. The van der Waals surface area contributed by atoms with Crippen molar-refractivity contribution in [1.29, 1.82) is 0 Å². The smallest absolute Gasteiger partial charge is 0.153 e. The molecule has 84 valence electrons. The van der Waals surface area contributed by atoms with Gasteiger partial charge in [0, 0.05) is 5.39 Å². The molecular formula is C13H9ClN2O. The van der Waals surface area contributed by atoms with E-state index < -0.39 is 0 Å². The molecule has 0 saturated heterocycles. The van der Waals surface area contributed by atoms with Crippen LogP contribution in [0.2, 0.25) is 5.02 Å². The monoisotopic (exact) mass is 244 g/mol. The zero-order valence-electron chi connectivity index (χ0n) is 8.85. The number of nitrogens with two attached hydrogens (primary N) is 1. The molecule has 2 N–H and O–H groups in total. The minimum Gasteiger partial charge on any atom is -0.453 e. The van der Waals surface area contributed by atoms with Gasteiger partial charge in [-0.3, -0.25) is 4.98 Å². The van der Waals surface area contributed by atoms with Crippen LogP contribution in [0.25, 0.3) is 22.4 Å². The fourth-order valence-electron chi connectivity index (χ4n) is 1.70. The molecule has 0 aliphatic rings. The zero-order valence-corrected chi connectivity index (χ0v) is 9.61. The van der Waals surface area contributed by atoms with Crippen molar-refractivity contribution in [1.82, 2.24) is 4.98 Å². The van der Waals surface area contributed by atoms with E-state index in [1.54, 1.807) is 18.3 Å². The van der Waals surface area contributed by atoms with Crippen LogP contribution < -0.4 is 5.73 Å². The first-order valence-corrected chi connectivity index (χ1v) is 5.52. The summed E-state index contributed by atoms with van der Waals surface area (Å²) in [6, 6.07) is 11.2. The minimum absolute atomic E-state index is 0.601. The molecule has 1 aromatic carbocycles. The van der Waals surface area contributed by atoms with E-state index in [0.717, 1.165) is 11.1 Å². The predicted molar refractivity (Wildman–Crippen MR) is 68.9 cm³/mol. The van der Waals surface area contributed by atoms with E-state index in [2.05, 4.69) is 4.98 Å². The summed E-state index contributed by atoms with van der Waals surface area (Å²) in [4.78, 5) is 4.21. The first-order valence-electron chi connectivity index (χ1n) is 5.14. The maximum absolute atomic E-state index is 6.05. The second kappa shape index (κ2) is 3.79. The van der Waals surface area contributed by atoms with Crippen LogP contribution >= 0.6 is 11.6 Å². The van der Waals surface area contributed by atoms with Gasteiger partial charge in [-0.2, -0.15) is 0 Å². The molecule has 2 aromatic heterocycles. The van der Waals surface area contributed by atoms with Gasteiger partial charge in [0.25, 0.3) is 0 Å². The van der Waals surface area contributed by atoms with E-state index in [4.69, 9.17) is 21.8 Å². The summed E-state index contributed by atoms with van der Waals surface area (Å²) in [7, 11) is 0. The van der Waals surface area contributed by atoms with Crippen molar-refractivity contribution >= 4 is 28.3 Å². The SMILES string of the molecule is Nc1ccc(-c2cc3cccc(Cl)c3o2)nc1. The Labute approximate surface area is 103 Å². The van der Waals surface area contributed by atoms with E-state index in [-0.39, 0.29) is 0 Å². The highest BCUT2D eigenvalue weighted by atomic mass is 35.5. The number of anilines is 1. The van der Waals surface area contributed by atoms with Gasteiger partial charge in [-0.1, -0.05) is 23.7 Å². The highest BCUT2D eigenvalue weighted by Crippen LogP contribution is 2.31. The molecule has 0 aliphatic heterocycles. The van der Waals surface area contributed by atoms with Crippen LogP contribution in [0.4, 0.5) is 5.69 Å². The molecule has 3 nitrogen and oxygen atoms in total. The second-order valence-corrected chi connectivity index (χ2v) is 4.15. The van der Waals surface area contributed by atoms with Gasteiger partial charge in [-0.15, -0.1) is 0 Å². The van der Waals surface area contributed by atoms with Gasteiger partial charge in [0.05, 0.1) is 16.9 Å². The van der Waals surface area contributed by atoms with Crippen LogP contribution in [-0.4, -0.2) is 4.98 Å². The Morgan fingerprint density at radius 1 is 1.18 bits per heavy atom. The van der Waals surface area contributed by atoms with Crippen molar-refractivity contribution < 1.29 is 4.42 Å². The average molecular weight is 245 g/mol. The maximum atomic E-state index is 6.05. The first-order chi connectivity index (χ1) is 8.24. The number of nitrogen functional groups attached to an aromatic ring is 1. The molecule has 0 aliphatic carbocycles. The largest absolute Gasteiger partial charge is 0.453 e. The highest BCUT2D eigenvalue weighted by molar-refractivity contribution is 6.34. The Morgan fingerprint density at radius 2 is 2.06 bits per heavy atom. The number of hydrogen-bond acceptors (Lipinski definition) is 3. The normalized spacial score (nSPS) is 10.9. The van der Waals surface area contributed by atoms with E-state index in [0.29, 0.717) is 22.1 Å². The molecule has 0 amide bonds. The maximum Gasteiger partial charge on any atom is 0.153 e. The summed E-state index contributed by atoms with van der Waals surface area (Å²) < 4.78 is 5.69. The van der Waals surface area contributed by atoms with Crippen molar-refractivity contribution in [3.63, 3.8) is 0 Å².